The van der Waals surface area contributed by atoms with Crippen LogP contribution in [0.2, 0.25) is 5.02 Å². The van der Waals surface area contributed by atoms with Gasteiger partial charge in [0.1, 0.15) is 5.75 Å². The van der Waals surface area contributed by atoms with Crippen molar-refractivity contribution in [3.05, 3.63) is 69.8 Å². The van der Waals surface area contributed by atoms with Crippen LogP contribution in [-0.2, 0) is 0 Å². The highest BCUT2D eigenvalue weighted by atomic mass is 79.9. The fourth-order valence-electron chi connectivity index (χ4n) is 2.41. The summed E-state index contributed by atoms with van der Waals surface area (Å²) in [6.45, 7) is 0. The average molecular weight is 429 g/mol. The fraction of sp³-hybridized carbons (Fsp3) is 0. The number of oxazole rings is 1. The smallest absolute Gasteiger partial charge is 0.228 e. The number of hydrogen-bond acceptors (Lipinski definition) is 5. The molecular weight excluding hydrogens is 418 g/mol. The van der Waals surface area contributed by atoms with Crippen LogP contribution in [0.1, 0.15) is 5.56 Å². The zero-order chi connectivity index (χ0) is 18.1. The molecule has 0 fully saturated rings. The van der Waals surface area contributed by atoms with E-state index < -0.39 is 0 Å². The van der Waals surface area contributed by atoms with Crippen molar-refractivity contribution >= 4 is 50.7 Å². The third kappa shape index (κ3) is 3.34. The third-order valence-corrected chi connectivity index (χ3v) is 4.44. The molecule has 128 valence electrons. The largest absolute Gasteiger partial charge is 0.506 e. The van der Waals surface area contributed by atoms with Crippen LogP contribution in [-0.4, -0.2) is 21.3 Å². The molecule has 2 aromatic heterocycles. The number of halogens is 2. The maximum Gasteiger partial charge on any atom is 0.228 e. The van der Waals surface area contributed by atoms with Crippen LogP contribution in [0.3, 0.4) is 0 Å². The summed E-state index contributed by atoms with van der Waals surface area (Å²) in [4.78, 5) is 12.9. The second-order valence-electron chi connectivity index (χ2n) is 5.47. The number of fused-ring (bicyclic) bond motifs is 1. The number of phenols is 1. The van der Waals surface area contributed by atoms with E-state index in [0.717, 1.165) is 15.7 Å². The summed E-state index contributed by atoms with van der Waals surface area (Å²) >= 11 is 9.30. The first kappa shape index (κ1) is 16.8. The van der Waals surface area contributed by atoms with Crippen molar-refractivity contribution in [3.8, 4) is 17.2 Å². The van der Waals surface area contributed by atoms with Gasteiger partial charge < -0.3 is 9.52 Å². The number of pyridine rings is 1. The van der Waals surface area contributed by atoms with Crippen LogP contribution in [0.15, 0.2) is 68.6 Å². The van der Waals surface area contributed by atoms with Gasteiger partial charge in [-0.05, 0) is 48.5 Å². The maximum atomic E-state index is 9.99. The molecule has 0 spiro atoms. The first-order valence-corrected chi connectivity index (χ1v) is 8.81. The molecule has 0 saturated carbocycles. The molecule has 4 aromatic rings. The van der Waals surface area contributed by atoms with Gasteiger partial charge in [-0.1, -0.05) is 27.5 Å². The van der Waals surface area contributed by atoms with Gasteiger partial charge in [0.05, 0.1) is 10.7 Å². The standard InChI is InChI=1S/C19H11BrClN3O2/c20-13-8-12(17(25)15(21)9-13)10-23-14-5-3-11(4-6-14)19-24-18-16(26-19)2-1-7-22-18/h1-10,25H. The number of nitrogens with zero attached hydrogens (tertiary/aromatic N) is 3. The molecule has 0 bridgehead atoms. The van der Waals surface area contributed by atoms with Gasteiger partial charge in [0, 0.05) is 28.0 Å². The van der Waals surface area contributed by atoms with E-state index in [1.807, 2.05) is 30.3 Å². The number of hydrogen-bond donors (Lipinski definition) is 1. The molecule has 2 aromatic carbocycles. The van der Waals surface area contributed by atoms with Crippen LogP contribution in [0.4, 0.5) is 5.69 Å². The van der Waals surface area contributed by atoms with Gasteiger partial charge in [0.15, 0.2) is 11.2 Å². The van der Waals surface area contributed by atoms with Gasteiger partial charge in [-0.25, -0.2) is 4.98 Å². The highest BCUT2D eigenvalue weighted by Crippen LogP contribution is 2.31. The summed E-state index contributed by atoms with van der Waals surface area (Å²) in [5.74, 6) is 0.500. The maximum absolute atomic E-state index is 9.99. The summed E-state index contributed by atoms with van der Waals surface area (Å²) in [6, 6.07) is 14.4. The van der Waals surface area contributed by atoms with Gasteiger partial charge >= 0.3 is 0 Å². The lowest BCUT2D eigenvalue weighted by Crippen LogP contribution is -1.84. The molecule has 7 heteroatoms. The first-order chi connectivity index (χ1) is 12.6. The number of aromatic nitrogens is 2. The van der Waals surface area contributed by atoms with Crippen molar-refractivity contribution in [2.45, 2.75) is 0 Å². The lowest BCUT2D eigenvalue weighted by Gasteiger charge is -2.02. The van der Waals surface area contributed by atoms with Gasteiger partial charge in [0.25, 0.3) is 0 Å². The van der Waals surface area contributed by atoms with Gasteiger partial charge in [0.2, 0.25) is 5.89 Å². The molecule has 26 heavy (non-hydrogen) atoms. The van der Waals surface area contributed by atoms with Gasteiger partial charge in [-0.3, -0.25) is 4.99 Å². The highest BCUT2D eigenvalue weighted by molar-refractivity contribution is 9.10. The Labute approximate surface area is 162 Å². The SMILES string of the molecule is Oc1c(Cl)cc(Br)cc1C=Nc1ccc(-c2nc3ncccc3o2)cc1. The first-order valence-electron chi connectivity index (χ1n) is 7.64. The molecular formula is C19H11BrClN3O2. The summed E-state index contributed by atoms with van der Waals surface area (Å²) < 4.78 is 6.47. The lowest BCUT2D eigenvalue weighted by atomic mass is 10.2. The normalized spacial score (nSPS) is 11.5. The molecule has 0 aliphatic carbocycles. The summed E-state index contributed by atoms with van der Waals surface area (Å²) in [5, 5.41) is 10.3. The number of phenolic OH excluding ortho intramolecular Hbond substituents is 1. The van der Waals surface area contributed by atoms with Crippen molar-refractivity contribution in [1.29, 1.82) is 0 Å². The molecule has 0 aliphatic heterocycles. The molecule has 0 unspecified atom stereocenters. The van der Waals surface area contributed by atoms with E-state index in [0.29, 0.717) is 22.7 Å². The summed E-state index contributed by atoms with van der Waals surface area (Å²) in [6.07, 6.45) is 3.24. The minimum absolute atomic E-state index is 0.00536. The minimum Gasteiger partial charge on any atom is -0.506 e. The predicted octanol–water partition coefficient (Wildman–Crippen LogP) is 5.76. The van der Waals surface area contributed by atoms with Crippen molar-refractivity contribution in [2.75, 3.05) is 0 Å². The van der Waals surface area contributed by atoms with Crippen LogP contribution < -0.4 is 0 Å². The molecule has 2 heterocycles. The molecule has 0 atom stereocenters. The van der Waals surface area contributed by atoms with Crippen molar-refractivity contribution in [2.24, 2.45) is 4.99 Å². The van der Waals surface area contributed by atoms with Crippen LogP contribution in [0, 0.1) is 0 Å². The molecule has 0 amide bonds. The molecule has 4 rings (SSSR count). The predicted molar refractivity (Wildman–Crippen MR) is 105 cm³/mol. The molecule has 0 saturated heterocycles. The Bertz CT molecular complexity index is 1090. The second-order valence-corrected chi connectivity index (χ2v) is 6.80. The average Bonchev–Trinajstić information content (AvgIpc) is 3.08. The zero-order valence-corrected chi connectivity index (χ0v) is 15.6. The van der Waals surface area contributed by atoms with Crippen molar-refractivity contribution in [1.82, 2.24) is 9.97 Å². The number of benzene rings is 2. The van der Waals surface area contributed by atoms with E-state index in [1.54, 1.807) is 30.6 Å². The van der Waals surface area contributed by atoms with E-state index >= 15 is 0 Å². The Morgan fingerprint density at radius 2 is 1.96 bits per heavy atom. The Morgan fingerprint density at radius 1 is 1.15 bits per heavy atom. The van der Waals surface area contributed by atoms with Crippen LogP contribution in [0.5, 0.6) is 5.75 Å². The second kappa shape index (κ2) is 6.90. The zero-order valence-electron chi connectivity index (χ0n) is 13.2. The van der Waals surface area contributed by atoms with Crippen molar-refractivity contribution < 1.29 is 9.52 Å². The van der Waals surface area contributed by atoms with Crippen LogP contribution >= 0.6 is 27.5 Å². The Balaban J connectivity index is 1.60. The van der Waals surface area contributed by atoms with Gasteiger partial charge in [-0.15, -0.1) is 0 Å². The van der Waals surface area contributed by atoms with E-state index in [9.17, 15) is 5.11 Å². The summed E-state index contributed by atoms with van der Waals surface area (Å²) in [5.41, 5.74) is 3.30. The molecule has 1 N–H and O–H groups in total. The van der Waals surface area contributed by atoms with E-state index in [2.05, 4.69) is 30.9 Å². The fourth-order valence-corrected chi connectivity index (χ4v) is 3.24. The van der Waals surface area contributed by atoms with Crippen LogP contribution in [0.25, 0.3) is 22.7 Å². The molecule has 0 radical (unpaired) electrons. The number of aliphatic imine (C=N–C) groups is 1. The Kier molecular flexibility index (Phi) is 4.44. The number of rotatable bonds is 3. The quantitative estimate of drug-likeness (QED) is 0.421. The van der Waals surface area contributed by atoms with Gasteiger partial charge in [-0.2, -0.15) is 4.98 Å². The molecule has 0 aliphatic rings. The topological polar surface area (TPSA) is 71.5 Å². The van der Waals surface area contributed by atoms with E-state index in [1.165, 1.54) is 0 Å². The molecule has 5 nitrogen and oxygen atoms in total. The Morgan fingerprint density at radius 3 is 2.73 bits per heavy atom. The lowest BCUT2D eigenvalue weighted by molar-refractivity contribution is 0.474. The minimum atomic E-state index is -0.00536. The van der Waals surface area contributed by atoms with Crippen molar-refractivity contribution in [3.63, 3.8) is 0 Å². The Hall–Kier alpha value is -2.70. The van der Waals surface area contributed by atoms with E-state index in [-0.39, 0.29) is 10.8 Å². The summed E-state index contributed by atoms with van der Waals surface area (Å²) in [7, 11) is 0. The highest BCUT2D eigenvalue weighted by Gasteiger charge is 2.09. The monoisotopic (exact) mass is 427 g/mol. The van der Waals surface area contributed by atoms with E-state index in [4.69, 9.17) is 16.0 Å². The number of aromatic hydroxyl groups is 1. The third-order valence-electron chi connectivity index (χ3n) is 3.69.